The summed E-state index contributed by atoms with van der Waals surface area (Å²) >= 11 is 0. The van der Waals surface area contributed by atoms with Gasteiger partial charge < -0.3 is 10.4 Å². The van der Waals surface area contributed by atoms with Crippen molar-refractivity contribution in [2.45, 2.75) is 17.0 Å². The summed E-state index contributed by atoms with van der Waals surface area (Å²) in [5.41, 5.74) is -0.994. The largest absolute Gasteiger partial charge is 0.387 e. The second-order valence-electron chi connectivity index (χ2n) is 4.27. The molecule has 0 radical (unpaired) electrons. The Kier molecular flexibility index (Phi) is 3.21. The minimum absolute atomic E-state index is 0.00745. The highest BCUT2D eigenvalue weighted by Crippen LogP contribution is 2.14. The van der Waals surface area contributed by atoms with Gasteiger partial charge in [0.2, 0.25) is 0 Å². The highest BCUT2D eigenvalue weighted by atomic mass is 32.2. The van der Waals surface area contributed by atoms with Crippen LogP contribution in [0.1, 0.15) is 6.42 Å². The zero-order chi connectivity index (χ0) is 12.5. The van der Waals surface area contributed by atoms with Gasteiger partial charge in [0.15, 0.2) is 5.03 Å². The maximum atomic E-state index is 11.9. The van der Waals surface area contributed by atoms with Crippen molar-refractivity contribution >= 4 is 10.0 Å². The molecule has 1 unspecified atom stereocenters. The molecule has 0 amide bonds. The molecule has 96 valence electrons. The van der Waals surface area contributed by atoms with Gasteiger partial charge >= 0.3 is 0 Å². The van der Waals surface area contributed by atoms with Crippen molar-refractivity contribution in [2.75, 3.05) is 19.6 Å². The van der Waals surface area contributed by atoms with Crippen LogP contribution in [-0.4, -0.2) is 48.5 Å². The molecule has 0 saturated carbocycles. The minimum Gasteiger partial charge on any atom is -0.387 e. The van der Waals surface area contributed by atoms with Crippen molar-refractivity contribution < 1.29 is 13.5 Å². The fourth-order valence-corrected chi connectivity index (χ4v) is 3.05. The lowest BCUT2D eigenvalue weighted by atomic mass is 10.1. The Morgan fingerprint density at radius 3 is 3.00 bits per heavy atom. The van der Waals surface area contributed by atoms with E-state index in [1.807, 2.05) is 0 Å². The Labute approximate surface area is 99.9 Å². The zero-order valence-corrected chi connectivity index (χ0v) is 10.4. The first-order chi connectivity index (χ1) is 7.93. The quantitative estimate of drug-likeness (QED) is 0.607. The molecule has 1 fully saturated rings. The van der Waals surface area contributed by atoms with Crippen LogP contribution in [0.4, 0.5) is 0 Å². The number of nitrogens with zero attached hydrogens (tertiary/aromatic N) is 2. The van der Waals surface area contributed by atoms with E-state index in [2.05, 4.69) is 15.1 Å². The summed E-state index contributed by atoms with van der Waals surface area (Å²) in [6.45, 7) is 1.11. The van der Waals surface area contributed by atoms with Crippen LogP contribution in [0, 0.1) is 0 Å². The normalized spacial score (nSPS) is 25.3. The lowest BCUT2D eigenvalue weighted by Gasteiger charge is -2.21. The van der Waals surface area contributed by atoms with Crippen LogP contribution in [-0.2, 0) is 17.1 Å². The third-order valence-corrected chi connectivity index (χ3v) is 4.34. The number of β-amino-alcohol motifs (C(OH)–C–C–N with tert-alkyl or cyclic N) is 1. The predicted octanol–water partition coefficient (Wildman–Crippen LogP) is -1.58. The number of nitrogens with one attached hydrogen (secondary N) is 2. The second kappa shape index (κ2) is 4.37. The van der Waals surface area contributed by atoms with Crippen LogP contribution in [0.3, 0.4) is 0 Å². The molecule has 0 aliphatic carbocycles. The van der Waals surface area contributed by atoms with Gasteiger partial charge in [-0.15, -0.1) is 0 Å². The molecule has 1 saturated heterocycles. The fraction of sp³-hybridized carbons (Fsp3) is 0.667. The smallest absolute Gasteiger partial charge is 0.257 e. The Hall–Kier alpha value is -0.960. The molecule has 2 heterocycles. The van der Waals surface area contributed by atoms with Gasteiger partial charge in [-0.1, -0.05) is 0 Å². The number of hydrogen-bond donors (Lipinski definition) is 3. The number of aryl methyl sites for hydroxylation is 1. The number of aliphatic hydroxyl groups is 1. The molecule has 1 aliphatic rings. The molecule has 1 atom stereocenters. The van der Waals surface area contributed by atoms with E-state index in [-0.39, 0.29) is 11.6 Å². The van der Waals surface area contributed by atoms with E-state index in [1.54, 1.807) is 7.05 Å². The van der Waals surface area contributed by atoms with E-state index < -0.39 is 15.6 Å². The van der Waals surface area contributed by atoms with Gasteiger partial charge in [0, 0.05) is 20.1 Å². The van der Waals surface area contributed by atoms with Gasteiger partial charge in [-0.05, 0) is 19.0 Å². The predicted molar refractivity (Wildman–Crippen MR) is 60.8 cm³/mol. The lowest BCUT2D eigenvalue weighted by Crippen LogP contribution is -2.44. The van der Waals surface area contributed by atoms with Crippen molar-refractivity contribution in [2.24, 2.45) is 7.05 Å². The Bertz CT molecular complexity index is 490. The lowest BCUT2D eigenvalue weighted by molar-refractivity contribution is 0.0667. The third-order valence-electron chi connectivity index (χ3n) is 2.86. The van der Waals surface area contributed by atoms with Gasteiger partial charge in [-0.25, -0.2) is 13.1 Å². The van der Waals surface area contributed by atoms with Crippen LogP contribution >= 0.6 is 0 Å². The van der Waals surface area contributed by atoms with Gasteiger partial charge in [0.05, 0.1) is 11.8 Å². The molecular formula is C9H16N4O3S. The van der Waals surface area contributed by atoms with E-state index in [9.17, 15) is 13.5 Å². The summed E-state index contributed by atoms with van der Waals surface area (Å²) in [5, 5.41) is 16.9. The molecule has 2 rings (SSSR count). The minimum atomic E-state index is -3.61. The fourth-order valence-electron chi connectivity index (χ4n) is 1.81. The van der Waals surface area contributed by atoms with E-state index in [0.717, 1.165) is 0 Å². The topological polar surface area (TPSA) is 96.2 Å². The summed E-state index contributed by atoms with van der Waals surface area (Å²) in [6.07, 6.45) is 1.96. The summed E-state index contributed by atoms with van der Waals surface area (Å²) in [6, 6.07) is 1.42. The standard InChI is InChI=1S/C9H16N4O3S/c1-13-8(2-4-11-13)17(15,16)12-7-9(14)3-5-10-6-9/h2,4,10,12,14H,3,5-7H2,1H3. The number of sulfonamides is 1. The average molecular weight is 260 g/mol. The van der Waals surface area contributed by atoms with Crippen molar-refractivity contribution in [3.8, 4) is 0 Å². The number of rotatable bonds is 4. The van der Waals surface area contributed by atoms with Gasteiger partial charge in [-0.3, -0.25) is 4.68 Å². The average Bonchev–Trinajstić information content (AvgIpc) is 2.86. The van der Waals surface area contributed by atoms with Crippen LogP contribution in [0.2, 0.25) is 0 Å². The highest BCUT2D eigenvalue weighted by molar-refractivity contribution is 7.89. The second-order valence-corrected chi connectivity index (χ2v) is 5.98. The molecular weight excluding hydrogens is 244 g/mol. The molecule has 3 N–H and O–H groups in total. The SMILES string of the molecule is Cn1nccc1S(=O)(=O)NCC1(O)CCNC1. The maximum Gasteiger partial charge on any atom is 0.257 e. The molecule has 1 aromatic heterocycles. The van der Waals surface area contributed by atoms with Crippen LogP contribution < -0.4 is 10.0 Å². The molecule has 1 aliphatic heterocycles. The van der Waals surface area contributed by atoms with E-state index >= 15 is 0 Å². The third kappa shape index (κ3) is 2.65. The summed E-state index contributed by atoms with van der Waals surface area (Å²) < 4.78 is 27.5. The summed E-state index contributed by atoms with van der Waals surface area (Å²) in [7, 11) is -2.05. The Morgan fingerprint density at radius 2 is 2.47 bits per heavy atom. The number of aromatic nitrogens is 2. The van der Waals surface area contributed by atoms with Crippen molar-refractivity contribution in [3.63, 3.8) is 0 Å². The van der Waals surface area contributed by atoms with Crippen molar-refractivity contribution in [3.05, 3.63) is 12.3 Å². The molecule has 1 aromatic rings. The Balaban J connectivity index is 2.06. The van der Waals surface area contributed by atoms with Crippen molar-refractivity contribution in [1.82, 2.24) is 19.8 Å². The van der Waals surface area contributed by atoms with E-state index in [1.165, 1.54) is 16.9 Å². The van der Waals surface area contributed by atoms with Gasteiger partial charge in [0.25, 0.3) is 10.0 Å². The van der Waals surface area contributed by atoms with E-state index in [4.69, 9.17) is 0 Å². The first kappa shape index (κ1) is 12.5. The highest BCUT2D eigenvalue weighted by Gasteiger charge is 2.32. The van der Waals surface area contributed by atoms with Gasteiger partial charge in [-0.2, -0.15) is 5.10 Å². The maximum absolute atomic E-state index is 11.9. The summed E-state index contributed by atoms with van der Waals surface area (Å²) in [5.74, 6) is 0. The number of hydrogen-bond acceptors (Lipinski definition) is 5. The molecule has 0 spiro atoms. The monoisotopic (exact) mass is 260 g/mol. The van der Waals surface area contributed by atoms with E-state index in [0.29, 0.717) is 19.5 Å². The summed E-state index contributed by atoms with van der Waals surface area (Å²) in [4.78, 5) is 0. The molecule has 7 nitrogen and oxygen atoms in total. The van der Waals surface area contributed by atoms with Crippen LogP contribution in [0.15, 0.2) is 17.3 Å². The van der Waals surface area contributed by atoms with Crippen LogP contribution in [0.5, 0.6) is 0 Å². The zero-order valence-electron chi connectivity index (χ0n) is 9.55. The Morgan fingerprint density at radius 1 is 1.71 bits per heavy atom. The molecule has 0 aromatic carbocycles. The first-order valence-electron chi connectivity index (χ1n) is 5.34. The molecule has 8 heteroatoms. The van der Waals surface area contributed by atoms with Crippen LogP contribution in [0.25, 0.3) is 0 Å². The molecule has 17 heavy (non-hydrogen) atoms. The van der Waals surface area contributed by atoms with Crippen molar-refractivity contribution in [1.29, 1.82) is 0 Å². The first-order valence-corrected chi connectivity index (χ1v) is 6.82. The molecule has 0 bridgehead atoms. The van der Waals surface area contributed by atoms with Gasteiger partial charge in [0.1, 0.15) is 0 Å².